The molecule has 2 nitrogen and oxygen atoms in total. The van der Waals surface area contributed by atoms with E-state index in [0.29, 0.717) is 0 Å². The first kappa shape index (κ1) is 13.8. The summed E-state index contributed by atoms with van der Waals surface area (Å²) >= 11 is 1.71. The lowest BCUT2D eigenvalue weighted by Gasteiger charge is -2.05. The molecule has 0 unspecified atom stereocenters. The van der Waals surface area contributed by atoms with E-state index in [-0.39, 0.29) is 0 Å². The third kappa shape index (κ3) is 3.14. The lowest BCUT2D eigenvalue weighted by Crippen LogP contribution is -1.92. The van der Waals surface area contributed by atoms with E-state index in [2.05, 4.69) is 37.4 Å². The third-order valence-electron chi connectivity index (χ3n) is 3.58. The number of aromatic nitrogens is 1. The summed E-state index contributed by atoms with van der Waals surface area (Å²) in [4.78, 5) is 4.75. The Morgan fingerprint density at radius 2 is 1.95 bits per heavy atom. The third-order valence-corrected chi connectivity index (χ3v) is 4.43. The molecule has 0 saturated heterocycles. The van der Waals surface area contributed by atoms with Crippen molar-refractivity contribution >= 4 is 17.0 Å². The van der Waals surface area contributed by atoms with Crippen LogP contribution in [-0.4, -0.2) is 4.98 Å². The van der Waals surface area contributed by atoms with Crippen LogP contribution in [0, 0.1) is 13.8 Å². The van der Waals surface area contributed by atoms with Gasteiger partial charge < -0.3 is 5.73 Å². The molecule has 1 aromatic heterocycles. The van der Waals surface area contributed by atoms with Crippen LogP contribution >= 0.6 is 11.3 Å². The van der Waals surface area contributed by atoms with Crippen molar-refractivity contribution in [2.24, 2.45) is 0 Å². The van der Waals surface area contributed by atoms with Crippen LogP contribution in [-0.2, 0) is 6.42 Å². The van der Waals surface area contributed by atoms with Crippen LogP contribution in [0.5, 0.6) is 0 Å². The van der Waals surface area contributed by atoms with Crippen LogP contribution in [0.2, 0.25) is 0 Å². The molecule has 0 fully saturated rings. The Bertz CT molecular complexity index is 774. The molecule has 106 valence electrons. The van der Waals surface area contributed by atoms with Gasteiger partial charge in [-0.3, -0.25) is 0 Å². The van der Waals surface area contributed by atoms with Gasteiger partial charge in [-0.25, -0.2) is 4.98 Å². The first-order valence-electron chi connectivity index (χ1n) is 6.98. The molecule has 3 aromatic rings. The van der Waals surface area contributed by atoms with Crippen LogP contribution in [0.3, 0.4) is 0 Å². The van der Waals surface area contributed by atoms with Crippen LogP contribution < -0.4 is 5.73 Å². The Kier molecular flexibility index (Phi) is 3.76. The second kappa shape index (κ2) is 5.70. The second-order valence-electron chi connectivity index (χ2n) is 5.36. The Hall–Kier alpha value is -2.13. The van der Waals surface area contributed by atoms with Crippen molar-refractivity contribution in [3.05, 3.63) is 69.5 Å². The summed E-state index contributed by atoms with van der Waals surface area (Å²) in [6.45, 7) is 4.28. The van der Waals surface area contributed by atoms with Crippen molar-refractivity contribution in [3.63, 3.8) is 0 Å². The molecule has 0 spiro atoms. The van der Waals surface area contributed by atoms with E-state index in [4.69, 9.17) is 10.7 Å². The fraction of sp³-hybridized carbons (Fsp3) is 0.167. The molecule has 0 aliphatic carbocycles. The average molecular weight is 294 g/mol. The first-order valence-corrected chi connectivity index (χ1v) is 7.86. The zero-order chi connectivity index (χ0) is 14.8. The van der Waals surface area contributed by atoms with Crippen LogP contribution in [0.15, 0.2) is 47.8 Å². The van der Waals surface area contributed by atoms with Gasteiger partial charge in [0.25, 0.3) is 0 Å². The smallest absolute Gasteiger partial charge is 0.0976 e. The minimum absolute atomic E-state index is 0.775. The highest BCUT2D eigenvalue weighted by Gasteiger charge is 2.07. The van der Waals surface area contributed by atoms with Crippen molar-refractivity contribution in [2.75, 3.05) is 5.73 Å². The van der Waals surface area contributed by atoms with E-state index in [1.54, 1.807) is 11.3 Å². The molecule has 3 rings (SSSR count). The molecule has 0 saturated carbocycles. The fourth-order valence-electron chi connectivity index (χ4n) is 2.38. The Labute approximate surface area is 129 Å². The zero-order valence-corrected chi connectivity index (χ0v) is 13.1. The van der Waals surface area contributed by atoms with Crippen molar-refractivity contribution in [2.45, 2.75) is 20.3 Å². The number of nitrogens with two attached hydrogens (primary N) is 1. The number of hydrogen-bond acceptors (Lipinski definition) is 3. The van der Waals surface area contributed by atoms with Gasteiger partial charge in [0, 0.05) is 23.1 Å². The van der Waals surface area contributed by atoms with Gasteiger partial charge in [0.15, 0.2) is 0 Å². The lowest BCUT2D eigenvalue weighted by molar-refractivity contribution is 1.11. The average Bonchev–Trinajstić information content (AvgIpc) is 2.91. The molecule has 1 heterocycles. The summed E-state index contributed by atoms with van der Waals surface area (Å²) in [5.74, 6) is 0. The molecule has 21 heavy (non-hydrogen) atoms. The minimum atomic E-state index is 0.775. The fourth-order valence-corrected chi connectivity index (χ4v) is 3.20. The molecule has 0 amide bonds. The standard InChI is InChI=1S/C18H18N2S/c1-12-6-7-13(2)15(8-12)10-18-20-17(11-21-18)14-4-3-5-16(19)9-14/h3-9,11H,10,19H2,1-2H3. The molecule has 2 aromatic carbocycles. The largest absolute Gasteiger partial charge is 0.399 e. The number of rotatable bonds is 3. The van der Waals surface area contributed by atoms with Gasteiger partial charge in [0.1, 0.15) is 0 Å². The maximum Gasteiger partial charge on any atom is 0.0976 e. The molecule has 2 N–H and O–H groups in total. The zero-order valence-electron chi connectivity index (χ0n) is 12.3. The quantitative estimate of drug-likeness (QED) is 0.717. The van der Waals surface area contributed by atoms with Gasteiger partial charge >= 0.3 is 0 Å². The highest BCUT2D eigenvalue weighted by Crippen LogP contribution is 2.25. The molecule has 3 heteroatoms. The second-order valence-corrected chi connectivity index (χ2v) is 6.30. The van der Waals surface area contributed by atoms with Gasteiger partial charge in [-0.05, 0) is 37.1 Å². The number of nitrogen functional groups attached to an aromatic ring is 1. The number of aryl methyl sites for hydroxylation is 2. The Morgan fingerprint density at radius 1 is 1.10 bits per heavy atom. The van der Waals surface area contributed by atoms with Crippen molar-refractivity contribution in [1.29, 1.82) is 0 Å². The Balaban J connectivity index is 1.87. The van der Waals surface area contributed by atoms with E-state index in [0.717, 1.165) is 28.4 Å². The predicted molar refractivity (Wildman–Crippen MR) is 90.7 cm³/mol. The summed E-state index contributed by atoms with van der Waals surface area (Å²) in [5, 5.41) is 3.25. The molecule has 0 atom stereocenters. The first-order chi connectivity index (χ1) is 10.1. The number of thiazole rings is 1. The highest BCUT2D eigenvalue weighted by atomic mass is 32.1. The monoisotopic (exact) mass is 294 g/mol. The maximum absolute atomic E-state index is 5.84. The normalized spacial score (nSPS) is 10.8. The van der Waals surface area contributed by atoms with E-state index >= 15 is 0 Å². The van der Waals surface area contributed by atoms with Crippen molar-refractivity contribution < 1.29 is 0 Å². The number of benzene rings is 2. The summed E-state index contributed by atoms with van der Waals surface area (Å²) in [5.41, 5.74) is 12.7. The topological polar surface area (TPSA) is 38.9 Å². The maximum atomic E-state index is 5.84. The number of nitrogens with zero attached hydrogens (tertiary/aromatic N) is 1. The number of anilines is 1. The minimum Gasteiger partial charge on any atom is -0.399 e. The van der Waals surface area contributed by atoms with E-state index in [1.165, 1.54) is 16.7 Å². The van der Waals surface area contributed by atoms with Crippen LogP contribution in [0.4, 0.5) is 5.69 Å². The summed E-state index contributed by atoms with van der Waals surface area (Å²) in [6.07, 6.45) is 0.889. The lowest BCUT2D eigenvalue weighted by atomic mass is 10.0. The van der Waals surface area contributed by atoms with Gasteiger partial charge in [-0.1, -0.05) is 35.9 Å². The Morgan fingerprint density at radius 3 is 2.76 bits per heavy atom. The summed E-state index contributed by atoms with van der Waals surface area (Å²) < 4.78 is 0. The summed E-state index contributed by atoms with van der Waals surface area (Å²) in [6, 6.07) is 14.5. The van der Waals surface area contributed by atoms with Crippen molar-refractivity contribution in [1.82, 2.24) is 4.98 Å². The van der Waals surface area contributed by atoms with Crippen LogP contribution in [0.1, 0.15) is 21.7 Å². The SMILES string of the molecule is Cc1ccc(C)c(Cc2nc(-c3cccc(N)c3)cs2)c1. The van der Waals surface area contributed by atoms with E-state index in [9.17, 15) is 0 Å². The highest BCUT2D eigenvalue weighted by molar-refractivity contribution is 7.10. The molecule has 0 aliphatic heterocycles. The number of hydrogen-bond donors (Lipinski definition) is 1. The van der Waals surface area contributed by atoms with Gasteiger partial charge in [-0.2, -0.15) is 0 Å². The van der Waals surface area contributed by atoms with E-state index < -0.39 is 0 Å². The van der Waals surface area contributed by atoms with Gasteiger partial charge in [0.2, 0.25) is 0 Å². The van der Waals surface area contributed by atoms with Crippen LogP contribution in [0.25, 0.3) is 11.3 Å². The summed E-state index contributed by atoms with van der Waals surface area (Å²) in [7, 11) is 0. The predicted octanol–water partition coefficient (Wildman–Crippen LogP) is 4.60. The molecule has 0 aliphatic rings. The van der Waals surface area contributed by atoms with Gasteiger partial charge in [0.05, 0.1) is 10.7 Å². The van der Waals surface area contributed by atoms with Gasteiger partial charge in [-0.15, -0.1) is 11.3 Å². The van der Waals surface area contributed by atoms with Crippen molar-refractivity contribution in [3.8, 4) is 11.3 Å². The molecular weight excluding hydrogens is 276 g/mol. The molecule has 0 bridgehead atoms. The molecular formula is C18H18N2S. The van der Waals surface area contributed by atoms with E-state index in [1.807, 2.05) is 24.3 Å². The molecule has 0 radical (unpaired) electrons.